The molecule has 0 radical (unpaired) electrons. The first-order valence-electron chi connectivity index (χ1n) is 8.70. The van der Waals surface area contributed by atoms with Gasteiger partial charge in [-0.2, -0.15) is 0 Å². The Balaban J connectivity index is 1.69. The van der Waals surface area contributed by atoms with Crippen molar-refractivity contribution in [1.82, 2.24) is 9.97 Å². The van der Waals surface area contributed by atoms with Crippen LogP contribution in [0.1, 0.15) is 5.56 Å². The summed E-state index contributed by atoms with van der Waals surface area (Å²) in [5, 5.41) is 0. The Labute approximate surface area is 158 Å². The van der Waals surface area contributed by atoms with E-state index in [4.69, 9.17) is 9.72 Å². The standard InChI is InChI=1S/C21H20N4O2/c1-14-4-7-16(8-5-14)24(2)21-22-11-10-17(23-21)15-6-9-19-18(12-15)25(3)20(26)13-27-19/h4-12H,13H2,1-3H3. The minimum atomic E-state index is -0.0675. The number of hydrogen-bond donors (Lipinski definition) is 0. The number of rotatable bonds is 3. The number of amides is 1. The highest BCUT2D eigenvalue weighted by Crippen LogP contribution is 2.35. The van der Waals surface area contributed by atoms with Crippen molar-refractivity contribution in [3.8, 4) is 17.0 Å². The lowest BCUT2D eigenvalue weighted by Gasteiger charge is -2.26. The zero-order valence-electron chi connectivity index (χ0n) is 15.5. The molecule has 2 aromatic carbocycles. The first-order chi connectivity index (χ1) is 13.0. The van der Waals surface area contributed by atoms with Gasteiger partial charge in [0.25, 0.3) is 5.91 Å². The summed E-state index contributed by atoms with van der Waals surface area (Å²) in [6.45, 7) is 2.13. The number of anilines is 3. The van der Waals surface area contributed by atoms with E-state index in [1.807, 2.05) is 48.3 Å². The quantitative estimate of drug-likeness (QED) is 0.715. The van der Waals surface area contributed by atoms with E-state index in [0.29, 0.717) is 11.7 Å². The molecule has 0 saturated carbocycles. The summed E-state index contributed by atoms with van der Waals surface area (Å²) in [5.41, 5.74) is 4.66. The van der Waals surface area contributed by atoms with Gasteiger partial charge in [0.15, 0.2) is 6.61 Å². The van der Waals surface area contributed by atoms with Crippen LogP contribution in [0.3, 0.4) is 0 Å². The van der Waals surface area contributed by atoms with E-state index in [9.17, 15) is 4.79 Å². The SMILES string of the molecule is Cc1ccc(N(C)c2nccc(-c3ccc4c(c3)N(C)C(=O)CO4)n2)cc1. The van der Waals surface area contributed by atoms with E-state index in [1.54, 1.807) is 18.1 Å². The minimum Gasteiger partial charge on any atom is -0.482 e. The van der Waals surface area contributed by atoms with Gasteiger partial charge in [0.1, 0.15) is 5.75 Å². The first kappa shape index (κ1) is 17.0. The van der Waals surface area contributed by atoms with E-state index in [1.165, 1.54) is 5.56 Å². The third-order valence-electron chi connectivity index (χ3n) is 4.71. The van der Waals surface area contributed by atoms with Crippen LogP contribution < -0.4 is 14.5 Å². The molecule has 4 rings (SSSR count). The topological polar surface area (TPSA) is 58.6 Å². The fourth-order valence-corrected chi connectivity index (χ4v) is 2.99. The molecule has 0 unspecified atom stereocenters. The van der Waals surface area contributed by atoms with Gasteiger partial charge in [-0.3, -0.25) is 4.79 Å². The molecule has 27 heavy (non-hydrogen) atoms. The van der Waals surface area contributed by atoms with Crippen molar-refractivity contribution >= 4 is 23.2 Å². The lowest BCUT2D eigenvalue weighted by atomic mass is 10.1. The van der Waals surface area contributed by atoms with E-state index < -0.39 is 0 Å². The van der Waals surface area contributed by atoms with Crippen molar-refractivity contribution in [3.63, 3.8) is 0 Å². The summed E-state index contributed by atoms with van der Waals surface area (Å²) in [4.78, 5) is 24.6. The number of nitrogens with zero attached hydrogens (tertiary/aromatic N) is 4. The zero-order chi connectivity index (χ0) is 19.0. The maximum absolute atomic E-state index is 11.9. The molecule has 1 aromatic heterocycles. The highest BCUT2D eigenvalue weighted by atomic mass is 16.5. The van der Waals surface area contributed by atoms with E-state index >= 15 is 0 Å². The second-order valence-electron chi connectivity index (χ2n) is 6.56. The number of aromatic nitrogens is 2. The van der Waals surface area contributed by atoms with Crippen LogP contribution in [-0.2, 0) is 4.79 Å². The number of ether oxygens (including phenoxy) is 1. The molecular weight excluding hydrogens is 340 g/mol. The smallest absolute Gasteiger partial charge is 0.264 e. The average Bonchev–Trinajstić information content (AvgIpc) is 2.71. The van der Waals surface area contributed by atoms with Crippen molar-refractivity contribution in [1.29, 1.82) is 0 Å². The second kappa shape index (κ2) is 6.72. The van der Waals surface area contributed by atoms with E-state index in [-0.39, 0.29) is 12.5 Å². The molecule has 1 aliphatic rings. The fourth-order valence-electron chi connectivity index (χ4n) is 2.99. The van der Waals surface area contributed by atoms with Gasteiger partial charge in [-0.1, -0.05) is 17.7 Å². The molecule has 3 aromatic rings. The summed E-state index contributed by atoms with van der Waals surface area (Å²) >= 11 is 0. The van der Waals surface area contributed by atoms with E-state index in [2.05, 4.69) is 24.0 Å². The summed E-state index contributed by atoms with van der Waals surface area (Å²) in [7, 11) is 3.70. The van der Waals surface area contributed by atoms with Gasteiger partial charge < -0.3 is 14.5 Å². The predicted octanol–water partition coefficient (Wildman–Crippen LogP) is 3.58. The zero-order valence-corrected chi connectivity index (χ0v) is 15.5. The molecule has 1 amide bonds. The van der Waals surface area contributed by atoms with Crippen molar-refractivity contribution in [2.75, 3.05) is 30.5 Å². The van der Waals surface area contributed by atoms with Gasteiger partial charge in [0.2, 0.25) is 5.95 Å². The Morgan fingerprint density at radius 1 is 1.11 bits per heavy atom. The number of hydrogen-bond acceptors (Lipinski definition) is 5. The molecule has 0 saturated heterocycles. The van der Waals surface area contributed by atoms with Crippen molar-refractivity contribution in [3.05, 3.63) is 60.3 Å². The number of carbonyl (C=O) groups is 1. The Morgan fingerprint density at radius 2 is 1.89 bits per heavy atom. The molecule has 6 nitrogen and oxygen atoms in total. The van der Waals surface area contributed by atoms with Gasteiger partial charge >= 0.3 is 0 Å². The minimum absolute atomic E-state index is 0.0675. The predicted molar refractivity (Wildman–Crippen MR) is 106 cm³/mol. The molecule has 0 spiro atoms. The van der Waals surface area contributed by atoms with Crippen LogP contribution in [0.25, 0.3) is 11.3 Å². The van der Waals surface area contributed by atoms with Gasteiger partial charge in [0.05, 0.1) is 11.4 Å². The molecular formula is C21H20N4O2. The maximum atomic E-state index is 11.9. The van der Waals surface area contributed by atoms with Crippen LogP contribution in [-0.4, -0.2) is 36.6 Å². The first-order valence-corrected chi connectivity index (χ1v) is 8.70. The molecule has 136 valence electrons. The van der Waals surface area contributed by atoms with Gasteiger partial charge in [-0.25, -0.2) is 9.97 Å². The second-order valence-corrected chi connectivity index (χ2v) is 6.56. The monoisotopic (exact) mass is 360 g/mol. The summed E-state index contributed by atoms with van der Waals surface area (Å²) in [5.74, 6) is 1.24. The molecule has 2 heterocycles. The Kier molecular flexibility index (Phi) is 4.24. The summed E-state index contributed by atoms with van der Waals surface area (Å²) < 4.78 is 5.49. The van der Waals surface area contributed by atoms with Crippen LogP contribution in [0, 0.1) is 6.92 Å². The molecule has 0 atom stereocenters. The molecule has 0 bridgehead atoms. The van der Waals surface area contributed by atoms with Crippen molar-refractivity contribution in [2.24, 2.45) is 0 Å². The molecule has 1 aliphatic heterocycles. The third-order valence-corrected chi connectivity index (χ3v) is 4.71. The van der Waals surface area contributed by atoms with Gasteiger partial charge in [-0.15, -0.1) is 0 Å². The van der Waals surface area contributed by atoms with Crippen LogP contribution in [0.4, 0.5) is 17.3 Å². The van der Waals surface area contributed by atoms with Crippen LogP contribution in [0.15, 0.2) is 54.7 Å². The third kappa shape index (κ3) is 3.21. The molecule has 0 fully saturated rings. The Bertz CT molecular complexity index is 1000. The Morgan fingerprint density at radius 3 is 2.67 bits per heavy atom. The maximum Gasteiger partial charge on any atom is 0.264 e. The van der Waals surface area contributed by atoms with Crippen molar-refractivity contribution in [2.45, 2.75) is 6.92 Å². The number of benzene rings is 2. The van der Waals surface area contributed by atoms with Crippen LogP contribution in [0.5, 0.6) is 5.75 Å². The number of likely N-dealkylation sites (N-methyl/N-ethyl adjacent to an activating group) is 1. The lowest BCUT2D eigenvalue weighted by Crippen LogP contribution is -2.35. The number of aryl methyl sites for hydroxylation is 1. The highest BCUT2D eigenvalue weighted by Gasteiger charge is 2.22. The number of carbonyl (C=O) groups excluding carboxylic acids is 1. The largest absolute Gasteiger partial charge is 0.482 e. The van der Waals surface area contributed by atoms with Gasteiger partial charge in [-0.05, 0) is 43.3 Å². The molecule has 6 heteroatoms. The van der Waals surface area contributed by atoms with Crippen LogP contribution in [0.2, 0.25) is 0 Å². The summed E-state index contributed by atoms with van der Waals surface area (Å²) in [6.07, 6.45) is 1.74. The fraction of sp³-hybridized carbons (Fsp3) is 0.190. The van der Waals surface area contributed by atoms with E-state index in [0.717, 1.165) is 22.6 Å². The normalized spacial score (nSPS) is 13.1. The average molecular weight is 360 g/mol. The Hall–Kier alpha value is -3.41. The number of fused-ring (bicyclic) bond motifs is 1. The molecule has 0 N–H and O–H groups in total. The van der Waals surface area contributed by atoms with Crippen molar-refractivity contribution < 1.29 is 9.53 Å². The van der Waals surface area contributed by atoms with Gasteiger partial charge in [0, 0.05) is 31.5 Å². The van der Waals surface area contributed by atoms with Crippen LogP contribution >= 0.6 is 0 Å². The summed E-state index contributed by atoms with van der Waals surface area (Å²) in [6, 6.07) is 15.8. The highest BCUT2D eigenvalue weighted by molar-refractivity contribution is 5.98. The molecule has 0 aliphatic carbocycles. The lowest BCUT2D eigenvalue weighted by molar-refractivity contribution is -0.120.